The molecule has 4 nitrogen and oxygen atoms in total. The summed E-state index contributed by atoms with van der Waals surface area (Å²) in [6.45, 7) is 5.60. The lowest BCUT2D eigenvalue weighted by Gasteiger charge is -2.32. The number of rotatable bonds is 3. The van der Waals surface area contributed by atoms with Gasteiger partial charge in [-0.05, 0) is 51.1 Å². The van der Waals surface area contributed by atoms with E-state index in [0.29, 0.717) is 12.0 Å². The Labute approximate surface area is 128 Å². The summed E-state index contributed by atoms with van der Waals surface area (Å²) in [7, 11) is 0. The van der Waals surface area contributed by atoms with Gasteiger partial charge in [-0.3, -0.25) is 4.90 Å². The first-order valence-electron chi connectivity index (χ1n) is 7.30. The minimum absolute atomic E-state index is 0.494. The van der Waals surface area contributed by atoms with Crippen molar-refractivity contribution < 1.29 is 0 Å². The highest BCUT2D eigenvalue weighted by Crippen LogP contribution is 2.23. The number of nitrogens with two attached hydrogens (primary N) is 1. The van der Waals surface area contributed by atoms with Gasteiger partial charge >= 0.3 is 0 Å². The summed E-state index contributed by atoms with van der Waals surface area (Å²) < 4.78 is 3.20. The second-order valence-corrected chi connectivity index (χ2v) is 6.57. The SMILES string of the molecule is CC(Cn1c(N)nc2ccc(Br)cc21)N1CCCCC1. The van der Waals surface area contributed by atoms with Crippen LogP contribution in [0.1, 0.15) is 26.2 Å². The summed E-state index contributed by atoms with van der Waals surface area (Å²) in [5, 5.41) is 0. The van der Waals surface area contributed by atoms with Crippen molar-refractivity contribution >= 4 is 32.9 Å². The van der Waals surface area contributed by atoms with Crippen molar-refractivity contribution in [3.8, 4) is 0 Å². The van der Waals surface area contributed by atoms with Crippen LogP contribution in [0.4, 0.5) is 5.95 Å². The topological polar surface area (TPSA) is 47.1 Å². The Hall–Kier alpha value is -1.07. The van der Waals surface area contributed by atoms with E-state index in [-0.39, 0.29) is 0 Å². The van der Waals surface area contributed by atoms with E-state index >= 15 is 0 Å². The molecule has 2 N–H and O–H groups in total. The van der Waals surface area contributed by atoms with E-state index in [2.05, 4.69) is 43.4 Å². The van der Waals surface area contributed by atoms with Gasteiger partial charge < -0.3 is 10.3 Å². The molecule has 1 saturated heterocycles. The van der Waals surface area contributed by atoms with Crippen molar-refractivity contribution in [2.24, 2.45) is 0 Å². The van der Waals surface area contributed by atoms with E-state index in [9.17, 15) is 0 Å². The van der Waals surface area contributed by atoms with Crippen molar-refractivity contribution in [2.45, 2.75) is 38.8 Å². The maximum atomic E-state index is 6.10. The van der Waals surface area contributed by atoms with Crippen LogP contribution in [0.3, 0.4) is 0 Å². The predicted molar refractivity (Wildman–Crippen MR) is 86.7 cm³/mol. The molecule has 1 aromatic heterocycles. The van der Waals surface area contributed by atoms with Gasteiger partial charge in [0, 0.05) is 17.1 Å². The number of aromatic nitrogens is 2. The third-order valence-corrected chi connectivity index (χ3v) is 4.69. The number of halogens is 1. The lowest BCUT2D eigenvalue weighted by atomic mass is 10.1. The van der Waals surface area contributed by atoms with E-state index < -0.39 is 0 Å². The number of hydrogen-bond donors (Lipinski definition) is 1. The van der Waals surface area contributed by atoms with Gasteiger partial charge in [0.15, 0.2) is 0 Å². The zero-order valence-electron chi connectivity index (χ0n) is 11.8. The van der Waals surface area contributed by atoms with Gasteiger partial charge in [-0.25, -0.2) is 4.98 Å². The molecule has 1 aliphatic rings. The molecule has 0 saturated carbocycles. The fourth-order valence-electron chi connectivity index (χ4n) is 3.05. The minimum Gasteiger partial charge on any atom is -0.369 e. The molecule has 1 atom stereocenters. The van der Waals surface area contributed by atoms with Crippen LogP contribution in [0.25, 0.3) is 11.0 Å². The number of nitrogen functional groups attached to an aromatic ring is 1. The second kappa shape index (κ2) is 5.74. The van der Waals surface area contributed by atoms with Crippen LogP contribution in [0.5, 0.6) is 0 Å². The Morgan fingerprint density at radius 1 is 1.30 bits per heavy atom. The van der Waals surface area contributed by atoms with Crippen molar-refractivity contribution in [1.82, 2.24) is 14.5 Å². The van der Waals surface area contributed by atoms with Crippen molar-refractivity contribution in [2.75, 3.05) is 18.8 Å². The van der Waals surface area contributed by atoms with Crippen LogP contribution >= 0.6 is 15.9 Å². The van der Waals surface area contributed by atoms with Crippen LogP contribution in [0.2, 0.25) is 0 Å². The highest BCUT2D eigenvalue weighted by Gasteiger charge is 2.19. The zero-order valence-corrected chi connectivity index (χ0v) is 13.4. The maximum Gasteiger partial charge on any atom is 0.201 e. The Kier molecular flexibility index (Phi) is 3.98. The third-order valence-electron chi connectivity index (χ3n) is 4.20. The fourth-order valence-corrected chi connectivity index (χ4v) is 3.39. The summed E-state index contributed by atoms with van der Waals surface area (Å²) in [6, 6.07) is 6.61. The second-order valence-electron chi connectivity index (χ2n) is 5.66. The van der Waals surface area contributed by atoms with Gasteiger partial charge in [-0.15, -0.1) is 0 Å². The van der Waals surface area contributed by atoms with Crippen molar-refractivity contribution in [3.05, 3.63) is 22.7 Å². The van der Waals surface area contributed by atoms with Gasteiger partial charge in [0.2, 0.25) is 5.95 Å². The standard InChI is InChI=1S/C15H21BrN4/c1-11(19-7-3-2-4-8-19)10-20-14-9-12(16)5-6-13(14)18-15(20)17/h5-6,9,11H,2-4,7-8,10H2,1H3,(H2,17,18). The molecule has 20 heavy (non-hydrogen) atoms. The van der Waals surface area contributed by atoms with Crippen molar-refractivity contribution in [1.29, 1.82) is 0 Å². The van der Waals surface area contributed by atoms with Crippen LogP contribution in [0, 0.1) is 0 Å². The van der Waals surface area contributed by atoms with Crippen molar-refractivity contribution in [3.63, 3.8) is 0 Å². The number of likely N-dealkylation sites (tertiary alicyclic amines) is 1. The predicted octanol–water partition coefficient (Wildman–Crippen LogP) is 3.26. The summed E-state index contributed by atoms with van der Waals surface area (Å²) in [4.78, 5) is 7.02. The molecule has 0 amide bonds. The summed E-state index contributed by atoms with van der Waals surface area (Å²) in [5.41, 5.74) is 8.18. The molecule has 1 fully saturated rings. The Bertz CT molecular complexity index is 601. The normalized spacial score (nSPS) is 18.5. The third kappa shape index (κ3) is 2.69. The molecule has 0 spiro atoms. The number of hydrogen-bond acceptors (Lipinski definition) is 3. The van der Waals surface area contributed by atoms with Gasteiger partial charge in [0.25, 0.3) is 0 Å². The number of imidazole rings is 1. The fraction of sp³-hybridized carbons (Fsp3) is 0.533. The van der Waals surface area contributed by atoms with Crippen LogP contribution in [0.15, 0.2) is 22.7 Å². The number of nitrogens with zero attached hydrogens (tertiary/aromatic N) is 3. The van der Waals surface area contributed by atoms with E-state index in [4.69, 9.17) is 5.73 Å². The molecule has 2 aromatic rings. The molecule has 1 unspecified atom stereocenters. The van der Waals surface area contributed by atoms with Crippen LogP contribution < -0.4 is 5.73 Å². The van der Waals surface area contributed by atoms with E-state index in [0.717, 1.165) is 22.1 Å². The highest BCUT2D eigenvalue weighted by molar-refractivity contribution is 9.10. The van der Waals surface area contributed by atoms with Gasteiger partial charge in [0.05, 0.1) is 11.0 Å². The minimum atomic E-state index is 0.494. The summed E-state index contributed by atoms with van der Waals surface area (Å²) >= 11 is 3.53. The Morgan fingerprint density at radius 3 is 2.80 bits per heavy atom. The monoisotopic (exact) mass is 336 g/mol. The lowest BCUT2D eigenvalue weighted by molar-refractivity contribution is 0.161. The lowest BCUT2D eigenvalue weighted by Crippen LogP contribution is -2.39. The van der Waals surface area contributed by atoms with Crippen LogP contribution in [-0.2, 0) is 6.54 Å². The molecule has 1 aromatic carbocycles. The number of anilines is 1. The number of fused-ring (bicyclic) bond motifs is 1. The molecule has 0 radical (unpaired) electrons. The molecule has 5 heteroatoms. The molecule has 0 bridgehead atoms. The molecular weight excluding hydrogens is 316 g/mol. The smallest absolute Gasteiger partial charge is 0.201 e. The maximum absolute atomic E-state index is 6.10. The Morgan fingerprint density at radius 2 is 2.05 bits per heavy atom. The first kappa shape index (κ1) is 13.9. The average Bonchev–Trinajstić information content (AvgIpc) is 2.76. The van der Waals surface area contributed by atoms with Crippen LogP contribution in [-0.4, -0.2) is 33.6 Å². The number of benzene rings is 1. The van der Waals surface area contributed by atoms with Gasteiger partial charge in [-0.1, -0.05) is 22.4 Å². The number of piperidine rings is 1. The molecule has 1 aliphatic heterocycles. The molecule has 108 valence electrons. The van der Waals surface area contributed by atoms with E-state index in [1.807, 2.05) is 12.1 Å². The summed E-state index contributed by atoms with van der Waals surface area (Å²) in [6.07, 6.45) is 4.00. The summed E-state index contributed by atoms with van der Waals surface area (Å²) in [5.74, 6) is 0.613. The Balaban J connectivity index is 1.85. The van der Waals surface area contributed by atoms with E-state index in [1.165, 1.54) is 32.4 Å². The molecule has 3 rings (SSSR count). The molecule has 0 aliphatic carbocycles. The van der Waals surface area contributed by atoms with Gasteiger partial charge in [0.1, 0.15) is 0 Å². The average molecular weight is 337 g/mol. The highest BCUT2D eigenvalue weighted by atomic mass is 79.9. The quantitative estimate of drug-likeness (QED) is 0.935. The van der Waals surface area contributed by atoms with E-state index in [1.54, 1.807) is 0 Å². The molecule has 2 heterocycles. The first-order valence-corrected chi connectivity index (χ1v) is 8.10. The zero-order chi connectivity index (χ0) is 14.1. The molecular formula is C15H21BrN4. The first-order chi connectivity index (χ1) is 9.65. The largest absolute Gasteiger partial charge is 0.369 e. The van der Waals surface area contributed by atoms with Gasteiger partial charge in [-0.2, -0.15) is 0 Å².